The molecule has 0 bridgehead atoms. The first-order valence-electron chi connectivity index (χ1n) is 10.1. The molecule has 1 aliphatic rings. The molecule has 2 heterocycles. The summed E-state index contributed by atoms with van der Waals surface area (Å²) in [6.07, 6.45) is 4.08. The fraction of sp³-hybridized carbons (Fsp3) is 0.227. The van der Waals surface area contributed by atoms with E-state index in [0.717, 1.165) is 22.9 Å². The highest BCUT2D eigenvalue weighted by Gasteiger charge is 2.33. The molecule has 1 N–H and O–H groups in total. The van der Waals surface area contributed by atoms with Crippen molar-refractivity contribution in [3.05, 3.63) is 71.0 Å². The number of fused-ring (bicyclic) bond motifs is 1. The zero-order chi connectivity index (χ0) is 23.6. The number of halogens is 1. The molecule has 1 aliphatic heterocycles. The van der Waals surface area contributed by atoms with E-state index in [4.69, 9.17) is 11.6 Å². The Balaban J connectivity index is 1.61. The normalized spacial score (nSPS) is 16.0. The van der Waals surface area contributed by atoms with Gasteiger partial charge in [-0.1, -0.05) is 29.8 Å². The lowest BCUT2D eigenvalue weighted by atomic mass is 9.98. The lowest BCUT2D eigenvalue weighted by Gasteiger charge is -2.22. The molecule has 33 heavy (non-hydrogen) atoms. The quantitative estimate of drug-likeness (QED) is 0.573. The van der Waals surface area contributed by atoms with E-state index in [2.05, 4.69) is 15.1 Å². The van der Waals surface area contributed by atoms with Crippen LogP contribution in [-0.2, 0) is 19.6 Å². The van der Waals surface area contributed by atoms with Gasteiger partial charge in [-0.3, -0.25) is 24.3 Å². The standard InChI is InChI=1S/C22H20ClN5O4S/c1-33(31,32)27-21(29)8-9-22(30)28-20(13-18(26-28)14-2-5-16(23)6-3-14)15-4-7-17-19(12-15)25-11-10-24-17/h2-7,10-12,20H,8-9,13H2,1H3,(H,27,29). The van der Waals surface area contributed by atoms with Crippen molar-refractivity contribution in [1.29, 1.82) is 0 Å². The summed E-state index contributed by atoms with van der Waals surface area (Å²) in [5, 5.41) is 6.50. The molecule has 0 aliphatic carbocycles. The fourth-order valence-corrected chi connectivity index (χ4v) is 4.24. The predicted molar refractivity (Wildman–Crippen MR) is 124 cm³/mol. The van der Waals surface area contributed by atoms with Crippen LogP contribution >= 0.6 is 11.6 Å². The number of carbonyl (C=O) groups excluding carboxylic acids is 2. The number of nitrogens with zero attached hydrogens (tertiary/aromatic N) is 4. The molecule has 4 rings (SSSR count). The first-order chi connectivity index (χ1) is 15.7. The minimum atomic E-state index is -3.69. The van der Waals surface area contributed by atoms with Gasteiger partial charge in [-0.25, -0.2) is 13.4 Å². The Morgan fingerprint density at radius 1 is 1.06 bits per heavy atom. The molecule has 170 valence electrons. The molecule has 9 nitrogen and oxygen atoms in total. The van der Waals surface area contributed by atoms with E-state index < -0.39 is 27.9 Å². The highest BCUT2D eigenvalue weighted by molar-refractivity contribution is 7.89. The fourth-order valence-electron chi connectivity index (χ4n) is 3.60. The summed E-state index contributed by atoms with van der Waals surface area (Å²) in [4.78, 5) is 33.5. The van der Waals surface area contributed by atoms with Crippen molar-refractivity contribution in [2.24, 2.45) is 5.10 Å². The molecule has 3 aromatic rings. The van der Waals surface area contributed by atoms with Crippen molar-refractivity contribution in [3.8, 4) is 0 Å². The Bertz CT molecular complexity index is 1360. The van der Waals surface area contributed by atoms with E-state index in [0.29, 0.717) is 22.7 Å². The molecule has 0 spiro atoms. The maximum atomic E-state index is 13.0. The van der Waals surface area contributed by atoms with Crippen LogP contribution in [0.5, 0.6) is 0 Å². The number of aromatic nitrogens is 2. The Kier molecular flexibility index (Phi) is 6.39. The van der Waals surface area contributed by atoms with E-state index in [1.165, 1.54) is 5.01 Å². The van der Waals surface area contributed by atoms with Gasteiger partial charge in [0, 0.05) is 36.7 Å². The number of hydrogen-bond donors (Lipinski definition) is 1. The minimum absolute atomic E-state index is 0.192. The third kappa shape index (κ3) is 5.52. The predicted octanol–water partition coefficient (Wildman–Crippen LogP) is 2.82. The summed E-state index contributed by atoms with van der Waals surface area (Å²) in [5.41, 5.74) is 3.77. The number of hydrogen-bond acceptors (Lipinski definition) is 7. The smallest absolute Gasteiger partial charge is 0.243 e. The molecular weight excluding hydrogens is 466 g/mol. The number of benzene rings is 2. The molecule has 0 radical (unpaired) electrons. The Hall–Kier alpha value is -3.37. The van der Waals surface area contributed by atoms with Crippen molar-refractivity contribution < 1.29 is 18.0 Å². The molecule has 1 aromatic heterocycles. The second-order valence-corrected chi connectivity index (χ2v) is 9.80. The number of nitrogens with one attached hydrogen (secondary N) is 1. The third-order valence-corrected chi connectivity index (χ3v) is 5.94. The van der Waals surface area contributed by atoms with Crippen LogP contribution in [0.15, 0.2) is 60.0 Å². The SMILES string of the molecule is CS(=O)(=O)NC(=O)CCC(=O)N1N=C(c2ccc(Cl)cc2)CC1c1ccc2nccnc2c1. The summed E-state index contributed by atoms with van der Waals surface area (Å²) in [6, 6.07) is 12.3. The maximum Gasteiger partial charge on any atom is 0.243 e. The van der Waals surface area contributed by atoms with E-state index in [-0.39, 0.29) is 12.8 Å². The Morgan fingerprint density at radius 2 is 1.76 bits per heavy atom. The topological polar surface area (TPSA) is 122 Å². The summed E-state index contributed by atoms with van der Waals surface area (Å²) in [5.74, 6) is -1.14. The monoisotopic (exact) mass is 485 g/mol. The van der Waals surface area contributed by atoms with Crippen molar-refractivity contribution in [2.45, 2.75) is 25.3 Å². The van der Waals surface area contributed by atoms with Crippen LogP contribution in [0.3, 0.4) is 0 Å². The van der Waals surface area contributed by atoms with Crippen LogP contribution in [0.2, 0.25) is 5.02 Å². The molecule has 1 atom stereocenters. The summed E-state index contributed by atoms with van der Waals surface area (Å²) >= 11 is 6.00. The van der Waals surface area contributed by atoms with Crippen molar-refractivity contribution in [3.63, 3.8) is 0 Å². The van der Waals surface area contributed by atoms with Crippen LogP contribution in [-0.4, -0.2) is 47.2 Å². The molecule has 11 heteroatoms. The molecule has 0 saturated heterocycles. The number of carbonyl (C=O) groups is 2. The van der Waals surface area contributed by atoms with Crippen molar-refractivity contribution in [2.75, 3.05) is 6.26 Å². The second-order valence-electron chi connectivity index (χ2n) is 7.61. The van der Waals surface area contributed by atoms with Gasteiger partial charge in [-0.15, -0.1) is 0 Å². The second kappa shape index (κ2) is 9.24. The van der Waals surface area contributed by atoms with E-state index >= 15 is 0 Å². The zero-order valence-electron chi connectivity index (χ0n) is 17.6. The van der Waals surface area contributed by atoms with E-state index in [9.17, 15) is 18.0 Å². The van der Waals surface area contributed by atoms with Crippen LogP contribution < -0.4 is 4.72 Å². The van der Waals surface area contributed by atoms with Crippen molar-refractivity contribution >= 4 is 50.2 Å². The van der Waals surface area contributed by atoms with Gasteiger partial charge in [0.05, 0.1) is 29.0 Å². The van der Waals surface area contributed by atoms with Crippen LogP contribution in [0.4, 0.5) is 0 Å². The van der Waals surface area contributed by atoms with Crippen LogP contribution in [0, 0.1) is 0 Å². The van der Waals surface area contributed by atoms with Gasteiger partial charge in [0.2, 0.25) is 21.8 Å². The molecule has 1 unspecified atom stereocenters. The third-order valence-electron chi connectivity index (χ3n) is 5.09. The first-order valence-corrected chi connectivity index (χ1v) is 12.3. The van der Waals surface area contributed by atoms with Gasteiger partial charge >= 0.3 is 0 Å². The molecule has 2 amide bonds. The van der Waals surface area contributed by atoms with Gasteiger partial charge in [0.25, 0.3) is 0 Å². The Morgan fingerprint density at radius 3 is 2.45 bits per heavy atom. The molecule has 0 fully saturated rings. The highest BCUT2D eigenvalue weighted by atomic mass is 35.5. The lowest BCUT2D eigenvalue weighted by molar-refractivity contribution is -0.134. The minimum Gasteiger partial charge on any atom is -0.274 e. The van der Waals surface area contributed by atoms with Gasteiger partial charge in [0.15, 0.2) is 0 Å². The maximum absolute atomic E-state index is 13.0. The van der Waals surface area contributed by atoms with Gasteiger partial charge in [-0.2, -0.15) is 5.10 Å². The lowest BCUT2D eigenvalue weighted by Crippen LogP contribution is -2.32. The van der Waals surface area contributed by atoms with Crippen LogP contribution in [0.1, 0.15) is 36.4 Å². The van der Waals surface area contributed by atoms with Gasteiger partial charge < -0.3 is 0 Å². The Labute approximate surface area is 195 Å². The number of sulfonamides is 1. The first kappa shape index (κ1) is 22.8. The van der Waals surface area contributed by atoms with E-state index in [1.54, 1.807) is 24.5 Å². The molecule has 0 saturated carbocycles. The summed E-state index contributed by atoms with van der Waals surface area (Å²) in [6.45, 7) is 0. The van der Waals surface area contributed by atoms with Gasteiger partial charge in [0.1, 0.15) is 0 Å². The average Bonchev–Trinajstić information content (AvgIpc) is 3.22. The number of rotatable bonds is 6. The summed E-state index contributed by atoms with van der Waals surface area (Å²) in [7, 11) is -3.69. The zero-order valence-corrected chi connectivity index (χ0v) is 19.2. The highest BCUT2D eigenvalue weighted by Crippen LogP contribution is 2.34. The molecular formula is C22H20ClN5O4S. The van der Waals surface area contributed by atoms with Crippen molar-refractivity contribution in [1.82, 2.24) is 19.7 Å². The van der Waals surface area contributed by atoms with Gasteiger partial charge in [-0.05, 0) is 35.4 Å². The van der Waals surface area contributed by atoms with Crippen LogP contribution in [0.25, 0.3) is 11.0 Å². The van der Waals surface area contributed by atoms with E-state index in [1.807, 2.05) is 35.1 Å². The molecule has 2 aromatic carbocycles. The largest absolute Gasteiger partial charge is 0.274 e. The average molecular weight is 486 g/mol. The number of amides is 2. The summed E-state index contributed by atoms with van der Waals surface area (Å²) < 4.78 is 24.3. The number of hydrazone groups is 1.